The second-order valence-corrected chi connectivity index (χ2v) is 13.3. The van der Waals surface area contributed by atoms with Crippen molar-refractivity contribution in [1.29, 1.82) is 0 Å². The van der Waals surface area contributed by atoms with Gasteiger partial charge >= 0.3 is 0 Å². The fraction of sp³-hybridized carbons (Fsp3) is 0.400. The fourth-order valence-corrected chi connectivity index (χ4v) is 7.16. The van der Waals surface area contributed by atoms with Crippen LogP contribution in [-0.4, -0.2) is 0 Å². The molecule has 0 unspecified atom stereocenters. The molecule has 0 N–H and O–H groups in total. The summed E-state index contributed by atoms with van der Waals surface area (Å²) in [6, 6.07) is 0. The predicted octanol–water partition coefficient (Wildman–Crippen LogP) is 11.9. The van der Waals surface area contributed by atoms with Crippen molar-refractivity contribution in [3.8, 4) is 0 Å². The van der Waals surface area contributed by atoms with E-state index in [0.717, 1.165) is 0 Å². The van der Waals surface area contributed by atoms with E-state index in [-0.39, 0.29) is 0 Å². The van der Waals surface area contributed by atoms with Gasteiger partial charge in [0.05, 0.1) is 0 Å². The lowest BCUT2D eigenvalue weighted by Gasteiger charge is -1.97. The molecule has 0 spiro atoms. The molecule has 0 bridgehead atoms. The van der Waals surface area contributed by atoms with Crippen molar-refractivity contribution in [2.75, 3.05) is 0 Å². The third-order valence-corrected chi connectivity index (χ3v) is 9.10. The molecular formula is C40H48. The van der Waals surface area contributed by atoms with Crippen molar-refractivity contribution in [2.24, 2.45) is 0 Å². The van der Waals surface area contributed by atoms with Crippen LogP contribution in [0, 0.1) is 0 Å². The van der Waals surface area contributed by atoms with Crippen molar-refractivity contribution in [3.63, 3.8) is 0 Å². The SMILES string of the molecule is CC1=CC2=C(C1)C(C)=CC2.CC1=CC2=C(C=C(C)C2)C1.CC1=CC2=C(C=C(C)C2)C1.CC1=CC2=CCC(C)=C2C1. The van der Waals surface area contributed by atoms with E-state index in [1.807, 2.05) is 0 Å². The molecule has 0 heteroatoms. The average molecular weight is 529 g/mol. The first-order valence-corrected chi connectivity index (χ1v) is 15.3. The first-order chi connectivity index (χ1) is 19.0. The van der Waals surface area contributed by atoms with Gasteiger partial charge in [-0.3, -0.25) is 0 Å². The van der Waals surface area contributed by atoms with Crippen LogP contribution in [0.15, 0.2) is 138 Å². The summed E-state index contributed by atoms with van der Waals surface area (Å²) in [5, 5.41) is 0. The van der Waals surface area contributed by atoms with Crippen molar-refractivity contribution in [1.82, 2.24) is 0 Å². The zero-order valence-corrected chi connectivity index (χ0v) is 26.3. The molecule has 8 rings (SSSR count). The first-order valence-electron chi connectivity index (χ1n) is 15.3. The van der Waals surface area contributed by atoms with E-state index in [2.05, 4.69) is 104 Å². The third kappa shape index (κ3) is 6.43. The van der Waals surface area contributed by atoms with E-state index < -0.39 is 0 Å². The molecule has 0 saturated carbocycles. The fourth-order valence-electron chi connectivity index (χ4n) is 7.16. The largest absolute Gasteiger partial charge is 0.0769 e. The summed E-state index contributed by atoms with van der Waals surface area (Å²) in [5.41, 5.74) is 24.7. The van der Waals surface area contributed by atoms with Crippen molar-refractivity contribution >= 4 is 0 Å². The highest BCUT2D eigenvalue weighted by molar-refractivity contribution is 5.56. The third-order valence-electron chi connectivity index (χ3n) is 9.10. The first kappa shape index (κ1) is 28.4. The summed E-state index contributed by atoms with van der Waals surface area (Å²) in [4.78, 5) is 0. The highest BCUT2D eigenvalue weighted by Gasteiger charge is 2.19. The summed E-state index contributed by atoms with van der Waals surface area (Å²) in [6.45, 7) is 17.7. The number of allylic oxidation sites excluding steroid dienone is 24. The molecule has 0 fully saturated rings. The van der Waals surface area contributed by atoms with E-state index >= 15 is 0 Å². The molecule has 208 valence electrons. The van der Waals surface area contributed by atoms with Gasteiger partial charge in [-0.1, -0.05) is 93.2 Å². The highest BCUT2D eigenvalue weighted by Crippen LogP contribution is 2.39. The van der Waals surface area contributed by atoms with Crippen LogP contribution in [0.2, 0.25) is 0 Å². The van der Waals surface area contributed by atoms with Gasteiger partial charge < -0.3 is 0 Å². The molecule has 0 aliphatic heterocycles. The van der Waals surface area contributed by atoms with Gasteiger partial charge in [0, 0.05) is 0 Å². The molecule has 8 aliphatic carbocycles. The van der Waals surface area contributed by atoms with Crippen LogP contribution < -0.4 is 0 Å². The van der Waals surface area contributed by atoms with E-state index in [4.69, 9.17) is 0 Å². The van der Waals surface area contributed by atoms with Gasteiger partial charge in [-0.15, -0.1) is 0 Å². The van der Waals surface area contributed by atoms with Gasteiger partial charge in [0.15, 0.2) is 0 Å². The number of fused-ring (bicyclic) bond motifs is 1. The van der Waals surface area contributed by atoms with E-state index in [1.54, 1.807) is 44.6 Å². The van der Waals surface area contributed by atoms with E-state index in [0.29, 0.717) is 0 Å². The molecule has 0 amide bonds. The summed E-state index contributed by atoms with van der Waals surface area (Å²) in [6.07, 6.45) is 28.2. The van der Waals surface area contributed by atoms with Crippen molar-refractivity contribution < 1.29 is 0 Å². The molecule has 0 atom stereocenters. The van der Waals surface area contributed by atoms with E-state index in [1.165, 1.54) is 96.0 Å². The predicted molar refractivity (Wildman–Crippen MR) is 175 cm³/mol. The Kier molecular flexibility index (Phi) is 8.37. The maximum absolute atomic E-state index is 2.34. The number of hydrogen-bond donors (Lipinski definition) is 0. The van der Waals surface area contributed by atoms with Crippen LogP contribution in [-0.2, 0) is 0 Å². The normalized spacial score (nSPS) is 23.0. The second kappa shape index (κ2) is 11.8. The molecule has 0 radical (unpaired) electrons. The molecule has 40 heavy (non-hydrogen) atoms. The van der Waals surface area contributed by atoms with Gasteiger partial charge in [0.25, 0.3) is 0 Å². The van der Waals surface area contributed by atoms with E-state index in [9.17, 15) is 0 Å². The molecular weight excluding hydrogens is 480 g/mol. The Morgan fingerprint density at radius 3 is 1.23 bits per heavy atom. The van der Waals surface area contributed by atoms with Crippen molar-refractivity contribution in [2.45, 2.75) is 107 Å². The minimum atomic E-state index is 1.18. The maximum atomic E-state index is 2.34. The lowest BCUT2D eigenvalue weighted by molar-refractivity contribution is 1.13. The molecule has 0 aromatic rings. The summed E-state index contributed by atoms with van der Waals surface area (Å²) >= 11 is 0. The molecule has 0 aromatic carbocycles. The van der Waals surface area contributed by atoms with Gasteiger partial charge in [-0.2, -0.15) is 0 Å². The zero-order chi connectivity index (χ0) is 28.6. The Hall–Kier alpha value is -3.12. The van der Waals surface area contributed by atoms with Crippen LogP contribution in [0.5, 0.6) is 0 Å². The number of hydrogen-bond acceptors (Lipinski definition) is 0. The van der Waals surface area contributed by atoms with Gasteiger partial charge in [-0.05, 0) is 151 Å². The Balaban J connectivity index is 0.000000108. The van der Waals surface area contributed by atoms with Gasteiger partial charge in [0.1, 0.15) is 0 Å². The second-order valence-electron chi connectivity index (χ2n) is 13.3. The van der Waals surface area contributed by atoms with Crippen LogP contribution in [0.3, 0.4) is 0 Å². The summed E-state index contributed by atoms with van der Waals surface area (Å²) < 4.78 is 0. The highest BCUT2D eigenvalue weighted by atomic mass is 14.2. The molecule has 0 aromatic heterocycles. The van der Waals surface area contributed by atoms with Crippen LogP contribution in [0.25, 0.3) is 0 Å². The Morgan fingerprint density at radius 2 is 0.775 bits per heavy atom. The Bertz CT molecular complexity index is 1400. The quantitative estimate of drug-likeness (QED) is 0.293. The molecule has 0 nitrogen and oxygen atoms in total. The Morgan fingerprint density at radius 1 is 0.375 bits per heavy atom. The number of rotatable bonds is 0. The summed E-state index contributed by atoms with van der Waals surface area (Å²) in [5.74, 6) is 0. The summed E-state index contributed by atoms with van der Waals surface area (Å²) in [7, 11) is 0. The minimum absolute atomic E-state index is 1.18. The van der Waals surface area contributed by atoms with Crippen molar-refractivity contribution in [3.05, 3.63) is 138 Å². The Labute approximate surface area is 244 Å². The van der Waals surface area contributed by atoms with Crippen LogP contribution in [0.4, 0.5) is 0 Å². The average Bonchev–Trinajstić information content (AvgIpc) is 3.72. The van der Waals surface area contributed by atoms with Gasteiger partial charge in [0.2, 0.25) is 0 Å². The maximum Gasteiger partial charge on any atom is -0.00612 e. The lowest BCUT2D eigenvalue weighted by atomic mass is 10.1. The standard InChI is InChI=1S/4C10H12/c2*1-7-3-9-5-8(2)6-10(9)4-7;2*1-7-5-9-4-3-8(2)10(9)6-7/h2*3,6H,4-5H2,1-2H3;4-5H,3,6H2,1-2H3;3,5H,4,6H2,1-2H3. The molecule has 8 aliphatic rings. The van der Waals surface area contributed by atoms with Crippen LogP contribution >= 0.6 is 0 Å². The topological polar surface area (TPSA) is 0 Å². The zero-order valence-electron chi connectivity index (χ0n) is 26.3. The monoisotopic (exact) mass is 528 g/mol. The van der Waals surface area contributed by atoms with Gasteiger partial charge in [-0.25, -0.2) is 0 Å². The molecule has 0 heterocycles. The smallest absolute Gasteiger partial charge is 0.00612 e. The van der Waals surface area contributed by atoms with Crippen LogP contribution in [0.1, 0.15) is 107 Å². The minimum Gasteiger partial charge on any atom is -0.0769 e. The lowest BCUT2D eigenvalue weighted by Crippen LogP contribution is -1.78. The molecule has 0 saturated heterocycles.